The number of nitriles is 1. The quantitative estimate of drug-likeness (QED) is 0.306. The van der Waals surface area contributed by atoms with Gasteiger partial charge in [-0.2, -0.15) is 5.26 Å². The van der Waals surface area contributed by atoms with E-state index in [1.54, 1.807) is 0 Å². The Kier molecular flexibility index (Phi) is 6.38. The Morgan fingerprint density at radius 2 is 1.53 bits per heavy atom. The number of benzene rings is 4. The van der Waals surface area contributed by atoms with Crippen molar-refractivity contribution >= 4 is 22.8 Å². The molecule has 0 aliphatic heterocycles. The molecule has 1 unspecified atom stereocenters. The first-order valence-corrected chi connectivity index (χ1v) is 11.8. The number of rotatable bonds is 6. The van der Waals surface area contributed by atoms with Crippen molar-refractivity contribution in [3.63, 3.8) is 0 Å². The lowest BCUT2D eigenvalue weighted by Crippen LogP contribution is -2.47. The second kappa shape index (κ2) is 9.93. The number of carbonyl (C=O) groups excluding carboxylic acids is 2. The molecule has 0 bridgehead atoms. The highest BCUT2D eigenvalue weighted by Crippen LogP contribution is 2.44. The SMILES string of the molecule is CN(C#N)C(=O)C(Cc1ccc2ccccc2c1)NC(=O)OCC1c2ccccc2-c2ccccc21. The fourth-order valence-corrected chi connectivity index (χ4v) is 4.87. The summed E-state index contributed by atoms with van der Waals surface area (Å²) in [4.78, 5) is 26.7. The molecule has 5 rings (SSSR count). The van der Waals surface area contributed by atoms with Crippen LogP contribution < -0.4 is 5.32 Å². The Bertz CT molecular complexity index is 1440. The fourth-order valence-electron chi connectivity index (χ4n) is 4.87. The molecule has 1 atom stereocenters. The Labute approximate surface area is 209 Å². The van der Waals surface area contributed by atoms with Crippen LogP contribution in [0.25, 0.3) is 21.9 Å². The van der Waals surface area contributed by atoms with E-state index in [9.17, 15) is 14.9 Å². The van der Waals surface area contributed by atoms with Crippen LogP contribution in [0, 0.1) is 11.5 Å². The molecule has 0 radical (unpaired) electrons. The van der Waals surface area contributed by atoms with Gasteiger partial charge in [0.2, 0.25) is 0 Å². The zero-order valence-electron chi connectivity index (χ0n) is 19.8. The summed E-state index contributed by atoms with van der Waals surface area (Å²) in [6.45, 7) is 0.144. The summed E-state index contributed by atoms with van der Waals surface area (Å²) in [5.74, 6) is -0.585. The van der Waals surface area contributed by atoms with Gasteiger partial charge in [0.15, 0.2) is 6.19 Å². The van der Waals surface area contributed by atoms with Gasteiger partial charge in [0.05, 0.1) is 0 Å². The maximum Gasteiger partial charge on any atom is 0.407 e. The third-order valence-electron chi connectivity index (χ3n) is 6.67. The number of nitrogens with one attached hydrogen (secondary N) is 1. The largest absolute Gasteiger partial charge is 0.449 e. The van der Waals surface area contributed by atoms with Crippen molar-refractivity contribution in [2.45, 2.75) is 18.4 Å². The van der Waals surface area contributed by atoms with E-state index in [2.05, 4.69) is 29.6 Å². The minimum Gasteiger partial charge on any atom is -0.449 e. The third-order valence-corrected chi connectivity index (χ3v) is 6.67. The predicted molar refractivity (Wildman–Crippen MR) is 138 cm³/mol. The molecule has 0 heterocycles. The molecule has 6 nitrogen and oxygen atoms in total. The van der Waals surface area contributed by atoms with Gasteiger partial charge in [-0.05, 0) is 38.6 Å². The predicted octanol–water partition coefficient (Wildman–Crippen LogP) is 5.23. The summed E-state index contributed by atoms with van der Waals surface area (Å²) in [5.41, 5.74) is 5.38. The number of amides is 2. The number of ether oxygens (including phenoxy) is 1. The van der Waals surface area contributed by atoms with Gasteiger partial charge in [-0.15, -0.1) is 0 Å². The average molecular weight is 476 g/mol. The molecule has 4 aromatic rings. The first-order valence-electron chi connectivity index (χ1n) is 11.8. The maximum absolute atomic E-state index is 12.9. The van der Waals surface area contributed by atoms with E-state index in [4.69, 9.17) is 4.74 Å². The lowest BCUT2D eigenvalue weighted by atomic mass is 9.98. The van der Waals surface area contributed by atoms with Gasteiger partial charge in [-0.3, -0.25) is 9.69 Å². The van der Waals surface area contributed by atoms with Gasteiger partial charge < -0.3 is 10.1 Å². The van der Waals surface area contributed by atoms with Crippen LogP contribution in [0.15, 0.2) is 91.0 Å². The molecule has 0 aromatic heterocycles. The van der Waals surface area contributed by atoms with Crippen molar-refractivity contribution in [2.75, 3.05) is 13.7 Å². The number of fused-ring (bicyclic) bond motifs is 4. The summed E-state index contributed by atoms with van der Waals surface area (Å²) in [6, 6.07) is 29.1. The second-order valence-electron chi connectivity index (χ2n) is 8.91. The first-order chi connectivity index (χ1) is 17.5. The minimum atomic E-state index is -0.938. The van der Waals surface area contributed by atoms with Crippen LogP contribution in [0.3, 0.4) is 0 Å². The monoisotopic (exact) mass is 475 g/mol. The summed E-state index contributed by atoms with van der Waals surface area (Å²) in [5, 5.41) is 14.1. The number of alkyl carbamates (subject to hydrolysis) is 1. The van der Waals surface area contributed by atoms with Crippen molar-refractivity contribution in [2.24, 2.45) is 0 Å². The number of hydrogen-bond donors (Lipinski definition) is 1. The van der Waals surface area contributed by atoms with E-state index in [-0.39, 0.29) is 18.9 Å². The molecular formula is C30H25N3O3. The van der Waals surface area contributed by atoms with E-state index < -0.39 is 18.0 Å². The van der Waals surface area contributed by atoms with E-state index in [1.807, 2.05) is 72.9 Å². The highest BCUT2D eigenvalue weighted by molar-refractivity contribution is 5.88. The van der Waals surface area contributed by atoms with Crippen LogP contribution in [0.5, 0.6) is 0 Å². The summed E-state index contributed by atoms with van der Waals surface area (Å²) < 4.78 is 5.64. The van der Waals surface area contributed by atoms with Crippen molar-refractivity contribution < 1.29 is 14.3 Å². The van der Waals surface area contributed by atoms with Crippen LogP contribution in [-0.2, 0) is 16.0 Å². The molecule has 1 N–H and O–H groups in total. The standard InChI is InChI=1S/C30H25N3O3/c1-33(19-31)29(34)28(17-20-14-15-21-8-2-3-9-22(21)16-20)32-30(35)36-18-27-25-12-6-4-10-23(25)24-11-5-7-13-26(24)27/h2-16,27-28H,17-18H2,1H3,(H,32,35). The van der Waals surface area contributed by atoms with Gasteiger partial charge in [-0.25, -0.2) is 4.79 Å². The molecule has 2 amide bonds. The molecule has 178 valence electrons. The molecule has 1 aliphatic carbocycles. The van der Waals surface area contributed by atoms with Crippen molar-refractivity contribution in [1.82, 2.24) is 10.2 Å². The van der Waals surface area contributed by atoms with Crippen LogP contribution in [0.2, 0.25) is 0 Å². The zero-order valence-corrected chi connectivity index (χ0v) is 19.8. The summed E-state index contributed by atoms with van der Waals surface area (Å²) in [7, 11) is 1.38. The van der Waals surface area contributed by atoms with Crippen molar-refractivity contribution in [3.05, 3.63) is 108 Å². The van der Waals surface area contributed by atoms with Gasteiger partial charge in [-0.1, -0.05) is 91.0 Å². The summed E-state index contributed by atoms with van der Waals surface area (Å²) in [6.07, 6.45) is 1.37. The van der Waals surface area contributed by atoms with E-state index >= 15 is 0 Å². The molecular weight excluding hydrogens is 450 g/mol. The minimum absolute atomic E-state index is 0.0837. The van der Waals surface area contributed by atoms with E-state index in [0.29, 0.717) is 0 Å². The van der Waals surface area contributed by atoms with Crippen LogP contribution in [-0.4, -0.2) is 36.6 Å². The van der Waals surface area contributed by atoms with Crippen LogP contribution in [0.1, 0.15) is 22.6 Å². The van der Waals surface area contributed by atoms with Gasteiger partial charge in [0.1, 0.15) is 12.6 Å². The van der Waals surface area contributed by atoms with Crippen LogP contribution >= 0.6 is 0 Å². The van der Waals surface area contributed by atoms with E-state index in [1.165, 1.54) is 7.05 Å². The maximum atomic E-state index is 12.9. The third kappa shape index (κ3) is 4.51. The molecule has 0 saturated heterocycles. The first kappa shape index (κ1) is 23.1. The summed E-state index contributed by atoms with van der Waals surface area (Å²) >= 11 is 0. The lowest BCUT2D eigenvalue weighted by Gasteiger charge is -2.21. The van der Waals surface area contributed by atoms with Crippen LogP contribution in [0.4, 0.5) is 4.79 Å². The Morgan fingerprint density at radius 3 is 2.19 bits per heavy atom. The number of likely N-dealkylation sites (N-methyl/N-ethyl adjacent to an activating group) is 1. The Hall–Kier alpha value is -4.63. The molecule has 0 fully saturated rings. The molecule has 36 heavy (non-hydrogen) atoms. The van der Waals surface area contributed by atoms with Gasteiger partial charge >= 0.3 is 6.09 Å². The van der Waals surface area contributed by atoms with Gasteiger partial charge in [0.25, 0.3) is 5.91 Å². The Morgan fingerprint density at radius 1 is 0.917 bits per heavy atom. The highest BCUT2D eigenvalue weighted by Gasteiger charge is 2.30. The molecule has 0 saturated carbocycles. The normalized spacial score (nSPS) is 12.8. The van der Waals surface area contributed by atoms with Crippen molar-refractivity contribution in [1.29, 1.82) is 5.26 Å². The lowest BCUT2D eigenvalue weighted by molar-refractivity contribution is -0.129. The molecule has 4 aromatic carbocycles. The highest BCUT2D eigenvalue weighted by atomic mass is 16.5. The molecule has 0 spiro atoms. The average Bonchev–Trinajstić information content (AvgIpc) is 3.24. The van der Waals surface area contributed by atoms with E-state index in [0.717, 1.165) is 43.5 Å². The second-order valence-corrected chi connectivity index (χ2v) is 8.91. The number of carbonyl (C=O) groups is 2. The molecule has 6 heteroatoms. The fraction of sp³-hybridized carbons (Fsp3) is 0.167. The Balaban J connectivity index is 1.32. The topological polar surface area (TPSA) is 82.4 Å². The number of nitrogens with zero attached hydrogens (tertiary/aromatic N) is 2. The number of hydrogen-bond acceptors (Lipinski definition) is 4. The van der Waals surface area contributed by atoms with Gasteiger partial charge in [0, 0.05) is 19.4 Å². The zero-order chi connectivity index (χ0) is 25.1. The van der Waals surface area contributed by atoms with Crippen molar-refractivity contribution in [3.8, 4) is 17.3 Å². The molecule has 1 aliphatic rings. The smallest absolute Gasteiger partial charge is 0.407 e.